The van der Waals surface area contributed by atoms with Gasteiger partial charge in [-0.25, -0.2) is 0 Å². The highest BCUT2D eigenvalue weighted by Crippen LogP contribution is 2.22. The van der Waals surface area contributed by atoms with Crippen LogP contribution in [0.5, 0.6) is 0 Å². The fourth-order valence-electron chi connectivity index (χ4n) is 2.66. The third kappa shape index (κ3) is 4.60. The first kappa shape index (κ1) is 15.5. The summed E-state index contributed by atoms with van der Waals surface area (Å²) in [5.74, 6) is 0.681. The van der Waals surface area contributed by atoms with Crippen LogP contribution in [0.25, 0.3) is 0 Å². The topological polar surface area (TPSA) is 41.1 Å². The maximum atomic E-state index is 12.6. The first-order valence-electron chi connectivity index (χ1n) is 7.74. The van der Waals surface area contributed by atoms with Crippen molar-refractivity contribution in [1.82, 2.24) is 10.6 Å². The first-order valence-corrected chi connectivity index (χ1v) is 8.62. The fraction of sp³-hybridized carbons (Fsp3) is 0.688. The minimum absolute atomic E-state index is 0.139. The van der Waals surface area contributed by atoms with Gasteiger partial charge in [0, 0.05) is 10.9 Å². The van der Waals surface area contributed by atoms with E-state index in [1.165, 1.54) is 19.3 Å². The monoisotopic (exact) mass is 294 g/mol. The van der Waals surface area contributed by atoms with E-state index in [1.54, 1.807) is 11.3 Å². The molecule has 1 aromatic heterocycles. The van der Waals surface area contributed by atoms with Gasteiger partial charge in [-0.1, -0.05) is 39.2 Å². The number of carbonyl (C=O) groups is 1. The minimum Gasteiger partial charge on any atom is -0.352 e. The van der Waals surface area contributed by atoms with Gasteiger partial charge in [-0.15, -0.1) is 11.3 Å². The van der Waals surface area contributed by atoms with Gasteiger partial charge in [0.1, 0.15) is 6.04 Å². The van der Waals surface area contributed by atoms with Crippen molar-refractivity contribution in [2.75, 3.05) is 6.54 Å². The van der Waals surface area contributed by atoms with Crippen LogP contribution >= 0.6 is 11.3 Å². The number of rotatable bonds is 6. The number of amides is 1. The molecule has 4 heteroatoms. The number of hydrogen-bond acceptors (Lipinski definition) is 3. The first-order chi connectivity index (χ1) is 9.66. The zero-order valence-corrected chi connectivity index (χ0v) is 13.3. The molecule has 0 radical (unpaired) electrons. The molecule has 0 spiro atoms. The van der Waals surface area contributed by atoms with Gasteiger partial charge in [-0.05, 0) is 36.8 Å². The predicted octanol–water partition coefficient (Wildman–Crippen LogP) is 3.48. The van der Waals surface area contributed by atoms with Crippen LogP contribution in [0.4, 0.5) is 0 Å². The molecule has 2 N–H and O–H groups in total. The van der Waals surface area contributed by atoms with E-state index in [1.807, 2.05) is 17.5 Å². The molecular formula is C16H26N2OS. The lowest BCUT2D eigenvalue weighted by Gasteiger charge is -2.26. The molecule has 1 aliphatic rings. The highest BCUT2D eigenvalue weighted by Gasteiger charge is 2.24. The van der Waals surface area contributed by atoms with Crippen molar-refractivity contribution in [3.8, 4) is 0 Å². The van der Waals surface area contributed by atoms with Crippen LogP contribution in [0, 0.1) is 5.92 Å². The van der Waals surface area contributed by atoms with Crippen LogP contribution in [0.3, 0.4) is 0 Å². The lowest BCUT2D eigenvalue weighted by molar-refractivity contribution is -0.124. The third-order valence-electron chi connectivity index (χ3n) is 3.77. The van der Waals surface area contributed by atoms with Gasteiger partial charge < -0.3 is 10.6 Å². The largest absolute Gasteiger partial charge is 0.352 e. The Morgan fingerprint density at radius 2 is 2.10 bits per heavy atom. The van der Waals surface area contributed by atoms with E-state index in [-0.39, 0.29) is 11.9 Å². The molecule has 0 bridgehead atoms. The zero-order chi connectivity index (χ0) is 14.4. The summed E-state index contributed by atoms with van der Waals surface area (Å²) in [4.78, 5) is 13.7. The lowest BCUT2D eigenvalue weighted by Crippen LogP contribution is -2.43. The average Bonchev–Trinajstić information content (AvgIpc) is 2.93. The smallest absolute Gasteiger partial charge is 0.242 e. The van der Waals surface area contributed by atoms with Crippen molar-refractivity contribution >= 4 is 17.2 Å². The second kappa shape index (κ2) is 7.79. The van der Waals surface area contributed by atoms with Gasteiger partial charge in [0.15, 0.2) is 0 Å². The molecule has 0 aliphatic heterocycles. The van der Waals surface area contributed by atoms with Gasteiger partial charge in [-0.2, -0.15) is 0 Å². The molecule has 1 atom stereocenters. The molecule has 0 saturated heterocycles. The minimum atomic E-state index is -0.195. The molecule has 1 amide bonds. The second-order valence-corrected chi connectivity index (χ2v) is 7.07. The molecule has 0 aromatic carbocycles. The molecule has 112 valence electrons. The molecule has 1 fully saturated rings. The molecule has 20 heavy (non-hydrogen) atoms. The Kier molecular flexibility index (Phi) is 6.05. The summed E-state index contributed by atoms with van der Waals surface area (Å²) in [6, 6.07) is 4.24. The number of thiophene rings is 1. The summed E-state index contributed by atoms with van der Waals surface area (Å²) in [7, 11) is 0. The van der Waals surface area contributed by atoms with Crippen molar-refractivity contribution in [3.63, 3.8) is 0 Å². The lowest BCUT2D eigenvalue weighted by atomic mass is 9.95. The van der Waals surface area contributed by atoms with Crippen LogP contribution in [0.15, 0.2) is 17.5 Å². The van der Waals surface area contributed by atoms with E-state index in [0.717, 1.165) is 24.3 Å². The summed E-state index contributed by atoms with van der Waals surface area (Å²) in [5.41, 5.74) is 0. The van der Waals surface area contributed by atoms with Crippen molar-refractivity contribution in [3.05, 3.63) is 22.4 Å². The molecule has 1 unspecified atom stereocenters. The summed E-state index contributed by atoms with van der Waals surface area (Å²) in [6.07, 6.45) is 6.06. The summed E-state index contributed by atoms with van der Waals surface area (Å²) < 4.78 is 0. The highest BCUT2D eigenvalue weighted by molar-refractivity contribution is 7.10. The third-order valence-corrected chi connectivity index (χ3v) is 4.71. The van der Waals surface area contributed by atoms with Crippen LogP contribution in [0.2, 0.25) is 0 Å². The van der Waals surface area contributed by atoms with Crippen molar-refractivity contribution in [2.24, 2.45) is 5.92 Å². The quantitative estimate of drug-likeness (QED) is 0.843. The molecule has 3 nitrogen and oxygen atoms in total. The van der Waals surface area contributed by atoms with Crippen molar-refractivity contribution in [2.45, 2.75) is 58.0 Å². The summed E-state index contributed by atoms with van der Waals surface area (Å²) in [5, 5.41) is 8.68. The molecule has 1 heterocycles. The molecule has 1 saturated carbocycles. The zero-order valence-electron chi connectivity index (χ0n) is 12.5. The number of hydrogen-bond donors (Lipinski definition) is 2. The van der Waals surface area contributed by atoms with Crippen LogP contribution in [-0.4, -0.2) is 18.5 Å². The number of nitrogens with one attached hydrogen (secondary N) is 2. The van der Waals surface area contributed by atoms with Gasteiger partial charge >= 0.3 is 0 Å². The Hall–Kier alpha value is -0.870. The second-order valence-electron chi connectivity index (χ2n) is 6.09. The maximum Gasteiger partial charge on any atom is 0.242 e. The van der Waals surface area contributed by atoms with E-state index in [4.69, 9.17) is 0 Å². The van der Waals surface area contributed by atoms with Gasteiger partial charge in [-0.3, -0.25) is 4.79 Å². The normalized spacial score (nSPS) is 18.1. The van der Waals surface area contributed by atoms with Crippen LogP contribution in [0.1, 0.15) is 56.9 Å². The molecule has 1 aliphatic carbocycles. The standard InChI is InChI=1S/C16H26N2OS/c1-12(2)11-17-15(14-9-6-10-20-14)16(19)18-13-7-4-3-5-8-13/h6,9-10,12-13,15,17H,3-5,7-8,11H2,1-2H3,(H,18,19). The Morgan fingerprint density at radius 3 is 2.70 bits per heavy atom. The Balaban J connectivity index is 1.95. The molecular weight excluding hydrogens is 268 g/mol. The van der Waals surface area contributed by atoms with E-state index in [0.29, 0.717) is 12.0 Å². The van der Waals surface area contributed by atoms with Gasteiger partial charge in [0.05, 0.1) is 0 Å². The van der Waals surface area contributed by atoms with E-state index >= 15 is 0 Å². The van der Waals surface area contributed by atoms with E-state index in [2.05, 4.69) is 24.5 Å². The fourth-order valence-corrected chi connectivity index (χ4v) is 3.46. The van der Waals surface area contributed by atoms with E-state index in [9.17, 15) is 4.79 Å². The Labute approximate surface area is 126 Å². The van der Waals surface area contributed by atoms with Crippen molar-refractivity contribution < 1.29 is 4.79 Å². The van der Waals surface area contributed by atoms with Crippen LogP contribution in [-0.2, 0) is 4.79 Å². The summed E-state index contributed by atoms with van der Waals surface area (Å²) in [6.45, 7) is 5.19. The Morgan fingerprint density at radius 1 is 1.35 bits per heavy atom. The molecule has 2 rings (SSSR count). The van der Waals surface area contributed by atoms with E-state index < -0.39 is 0 Å². The van der Waals surface area contributed by atoms with Gasteiger partial charge in [0.2, 0.25) is 5.91 Å². The number of carbonyl (C=O) groups excluding carboxylic acids is 1. The highest BCUT2D eigenvalue weighted by atomic mass is 32.1. The summed E-state index contributed by atoms with van der Waals surface area (Å²) >= 11 is 1.65. The van der Waals surface area contributed by atoms with Gasteiger partial charge in [0.25, 0.3) is 0 Å². The average molecular weight is 294 g/mol. The predicted molar refractivity (Wildman–Crippen MR) is 84.9 cm³/mol. The Bertz CT molecular complexity index is 397. The maximum absolute atomic E-state index is 12.6. The SMILES string of the molecule is CC(C)CNC(C(=O)NC1CCCCC1)c1cccs1. The van der Waals surface area contributed by atoms with Crippen LogP contribution < -0.4 is 10.6 Å². The van der Waals surface area contributed by atoms with Crippen molar-refractivity contribution in [1.29, 1.82) is 0 Å². The molecule has 1 aromatic rings.